The van der Waals surface area contributed by atoms with Crippen LogP contribution < -0.4 is 5.32 Å². The van der Waals surface area contributed by atoms with E-state index in [2.05, 4.69) is 5.32 Å². The van der Waals surface area contributed by atoms with E-state index < -0.39 is 30.3 Å². The standard InChI is InChI=1S/C14H16F4N2/c15-12(16)10-14(11(19-10)13(17)18)7-20(8-14)6-9-4-2-1-3-5-9/h1-5,10-13,19H,6-8H2. The van der Waals surface area contributed by atoms with Crippen molar-refractivity contribution >= 4 is 0 Å². The first kappa shape index (κ1) is 13.8. The first-order chi connectivity index (χ1) is 9.53. The van der Waals surface area contributed by atoms with E-state index in [-0.39, 0.29) is 0 Å². The SMILES string of the molecule is FC(F)C1NC(C(F)F)C12CN(Cc1ccccc1)C2. The molecule has 2 nitrogen and oxygen atoms in total. The zero-order valence-electron chi connectivity index (χ0n) is 10.8. The Morgan fingerprint density at radius 1 is 1.05 bits per heavy atom. The lowest BCUT2D eigenvalue weighted by atomic mass is 9.61. The van der Waals surface area contributed by atoms with E-state index in [1.807, 2.05) is 35.2 Å². The highest BCUT2D eigenvalue weighted by molar-refractivity contribution is 5.21. The molecule has 110 valence electrons. The molecule has 20 heavy (non-hydrogen) atoms. The molecule has 2 saturated heterocycles. The fraction of sp³-hybridized carbons (Fsp3) is 0.571. The van der Waals surface area contributed by atoms with Crippen molar-refractivity contribution in [2.75, 3.05) is 13.1 Å². The van der Waals surface area contributed by atoms with Gasteiger partial charge < -0.3 is 0 Å². The highest BCUT2D eigenvalue weighted by Crippen LogP contribution is 2.48. The third-order valence-corrected chi connectivity index (χ3v) is 4.39. The Hall–Kier alpha value is -1.14. The van der Waals surface area contributed by atoms with Crippen molar-refractivity contribution in [1.82, 2.24) is 10.2 Å². The molecule has 0 aliphatic carbocycles. The molecule has 1 aromatic rings. The molecule has 1 aromatic carbocycles. The molecule has 0 saturated carbocycles. The van der Waals surface area contributed by atoms with Gasteiger partial charge in [-0.2, -0.15) is 0 Å². The lowest BCUT2D eigenvalue weighted by Gasteiger charge is -2.65. The van der Waals surface area contributed by atoms with Crippen molar-refractivity contribution in [2.45, 2.75) is 31.5 Å². The zero-order valence-corrected chi connectivity index (χ0v) is 10.8. The van der Waals surface area contributed by atoms with Gasteiger partial charge in [0.15, 0.2) is 0 Å². The minimum absolute atomic E-state index is 0.304. The molecule has 2 atom stereocenters. The minimum atomic E-state index is -2.59. The smallest absolute Gasteiger partial charge is 0.254 e. The second-order valence-corrected chi connectivity index (χ2v) is 5.65. The van der Waals surface area contributed by atoms with Crippen LogP contribution in [0.3, 0.4) is 0 Å². The van der Waals surface area contributed by atoms with Gasteiger partial charge in [-0.1, -0.05) is 30.3 Å². The summed E-state index contributed by atoms with van der Waals surface area (Å²) in [5.41, 5.74) is 0.105. The van der Waals surface area contributed by atoms with E-state index in [9.17, 15) is 17.6 Å². The number of alkyl halides is 4. The molecule has 1 N–H and O–H groups in total. The first-order valence-electron chi connectivity index (χ1n) is 6.61. The molecule has 6 heteroatoms. The van der Waals surface area contributed by atoms with Crippen LogP contribution in [0.25, 0.3) is 0 Å². The van der Waals surface area contributed by atoms with E-state index in [1.54, 1.807) is 0 Å². The van der Waals surface area contributed by atoms with Crippen LogP contribution in [-0.4, -0.2) is 42.9 Å². The van der Waals surface area contributed by atoms with Crippen molar-refractivity contribution in [3.05, 3.63) is 35.9 Å². The summed E-state index contributed by atoms with van der Waals surface area (Å²) in [7, 11) is 0. The van der Waals surface area contributed by atoms with Crippen LogP contribution in [0.1, 0.15) is 5.56 Å². The van der Waals surface area contributed by atoms with E-state index in [0.717, 1.165) is 5.56 Å². The lowest BCUT2D eigenvalue weighted by Crippen LogP contribution is -2.84. The lowest BCUT2D eigenvalue weighted by molar-refractivity contribution is -0.195. The third-order valence-electron chi connectivity index (χ3n) is 4.39. The van der Waals surface area contributed by atoms with Crippen LogP contribution in [0, 0.1) is 5.41 Å². The van der Waals surface area contributed by atoms with Crippen LogP contribution in [-0.2, 0) is 6.54 Å². The van der Waals surface area contributed by atoms with E-state index >= 15 is 0 Å². The van der Waals surface area contributed by atoms with Gasteiger partial charge >= 0.3 is 0 Å². The Morgan fingerprint density at radius 2 is 1.60 bits per heavy atom. The summed E-state index contributed by atoms with van der Waals surface area (Å²) in [5, 5.41) is 2.33. The molecule has 2 fully saturated rings. The number of nitrogens with one attached hydrogen (secondary N) is 1. The van der Waals surface area contributed by atoms with Crippen molar-refractivity contribution in [2.24, 2.45) is 5.41 Å². The Morgan fingerprint density at radius 3 is 2.10 bits per heavy atom. The van der Waals surface area contributed by atoms with Gasteiger partial charge in [-0.25, -0.2) is 17.6 Å². The van der Waals surface area contributed by atoms with Crippen LogP contribution in [0.4, 0.5) is 17.6 Å². The second kappa shape index (κ2) is 5.00. The van der Waals surface area contributed by atoms with Crippen LogP contribution >= 0.6 is 0 Å². The summed E-state index contributed by atoms with van der Waals surface area (Å²) in [4.78, 5) is 1.95. The predicted molar refractivity (Wildman–Crippen MR) is 66.9 cm³/mol. The zero-order chi connectivity index (χ0) is 14.3. The van der Waals surface area contributed by atoms with Gasteiger partial charge in [0.1, 0.15) is 0 Å². The fourth-order valence-electron chi connectivity index (χ4n) is 3.40. The van der Waals surface area contributed by atoms with Gasteiger partial charge in [-0.3, -0.25) is 10.2 Å². The summed E-state index contributed by atoms with van der Waals surface area (Å²) in [6, 6.07) is 7.39. The Balaban J connectivity index is 1.64. The molecule has 2 unspecified atom stereocenters. The van der Waals surface area contributed by atoms with Crippen molar-refractivity contribution in [3.8, 4) is 0 Å². The van der Waals surface area contributed by atoms with Gasteiger partial charge in [0.25, 0.3) is 12.9 Å². The van der Waals surface area contributed by atoms with Crippen molar-refractivity contribution in [3.63, 3.8) is 0 Å². The average Bonchev–Trinajstić information content (AvgIpc) is 2.32. The summed E-state index contributed by atoms with van der Waals surface area (Å²) in [6.45, 7) is 1.23. The Kier molecular flexibility index (Phi) is 3.46. The summed E-state index contributed by atoms with van der Waals surface area (Å²) >= 11 is 0. The summed E-state index contributed by atoms with van der Waals surface area (Å²) in [5.74, 6) is 0. The number of benzene rings is 1. The molecule has 1 spiro atoms. The molecular formula is C14H16F4N2. The average molecular weight is 288 g/mol. The van der Waals surface area contributed by atoms with Gasteiger partial charge in [0.2, 0.25) is 0 Å². The maximum absolute atomic E-state index is 12.9. The second-order valence-electron chi connectivity index (χ2n) is 5.65. The maximum Gasteiger partial charge on any atom is 0.254 e. The number of likely N-dealkylation sites (tertiary alicyclic amines) is 1. The summed E-state index contributed by atoms with van der Waals surface area (Å²) in [6.07, 6.45) is -5.19. The molecule has 2 aliphatic rings. The first-order valence-corrected chi connectivity index (χ1v) is 6.61. The van der Waals surface area contributed by atoms with E-state index in [1.165, 1.54) is 0 Å². The number of hydrogen-bond donors (Lipinski definition) is 1. The number of hydrogen-bond acceptors (Lipinski definition) is 2. The topological polar surface area (TPSA) is 15.3 Å². The maximum atomic E-state index is 12.9. The van der Waals surface area contributed by atoms with Crippen LogP contribution in [0.5, 0.6) is 0 Å². The van der Waals surface area contributed by atoms with E-state index in [0.29, 0.717) is 19.6 Å². The molecule has 2 heterocycles. The van der Waals surface area contributed by atoms with Gasteiger partial charge in [0.05, 0.1) is 12.1 Å². The largest absolute Gasteiger partial charge is 0.300 e. The fourth-order valence-corrected chi connectivity index (χ4v) is 3.40. The predicted octanol–water partition coefficient (Wildman–Crippen LogP) is 2.36. The molecular weight excluding hydrogens is 272 g/mol. The third kappa shape index (κ3) is 2.11. The Bertz CT molecular complexity index is 444. The number of nitrogens with zero attached hydrogens (tertiary/aromatic N) is 1. The number of halogens is 4. The number of rotatable bonds is 4. The van der Waals surface area contributed by atoms with Crippen molar-refractivity contribution in [1.29, 1.82) is 0 Å². The summed E-state index contributed by atoms with van der Waals surface area (Å²) < 4.78 is 51.4. The monoisotopic (exact) mass is 288 g/mol. The van der Waals surface area contributed by atoms with Gasteiger partial charge in [-0.15, -0.1) is 0 Å². The van der Waals surface area contributed by atoms with Gasteiger partial charge in [-0.05, 0) is 5.56 Å². The van der Waals surface area contributed by atoms with E-state index in [4.69, 9.17) is 0 Å². The normalized spacial score (nSPS) is 28.7. The highest BCUT2D eigenvalue weighted by Gasteiger charge is 2.66. The molecule has 3 rings (SSSR count). The Labute approximate surface area is 114 Å². The highest BCUT2D eigenvalue weighted by atomic mass is 19.3. The quantitative estimate of drug-likeness (QED) is 0.856. The molecule has 2 aliphatic heterocycles. The minimum Gasteiger partial charge on any atom is -0.300 e. The van der Waals surface area contributed by atoms with Crippen LogP contribution in [0.15, 0.2) is 30.3 Å². The molecule has 0 aromatic heterocycles. The van der Waals surface area contributed by atoms with Gasteiger partial charge in [0, 0.05) is 25.0 Å². The molecule has 0 amide bonds. The van der Waals surface area contributed by atoms with Crippen LogP contribution in [0.2, 0.25) is 0 Å². The molecule has 0 bridgehead atoms. The molecule has 0 radical (unpaired) electrons. The van der Waals surface area contributed by atoms with Crippen molar-refractivity contribution < 1.29 is 17.6 Å².